The number of aryl methyl sites for hydroxylation is 1. The zero-order valence-corrected chi connectivity index (χ0v) is 13.8. The summed E-state index contributed by atoms with van der Waals surface area (Å²) in [7, 11) is -4.14. The van der Waals surface area contributed by atoms with Crippen LogP contribution in [0.25, 0.3) is 0 Å². The number of hydrogen-bond acceptors (Lipinski definition) is 1. The minimum atomic E-state index is -4.14. The largest absolute Gasteiger partial charge is 0.356 e. The summed E-state index contributed by atoms with van der Waals surface area (Å²) in [5.41, 5.74) is 2.89. The fourth-order valence-electron chi connectivity index (χ4n) is 5.23. The molecule has 1 fully saturated rings. The lowest BCUT2D eigenvalue weighted by atomic mass is 9.56. The second-order valence-electron chi connectivity index (χ2n) is 7.53. The Morgan fingerprint density at radius 1 is 1.27 bits per heavy atom. The molecule has 1 aromatic carbocycles. The molecular formula is C18H23O3P. The van der Waals surface area contributed by atoms with Crippen molar-refractivity contribution in [1.29, 1.82) is 0 Å². The molecule has 0 aromatic heterocycles. The van der Waals surface area contributed by atoms with Crippen LogP contribution in [0, 0.1) is 17.3 Å². The number of allylic oxidation sites excluding steroid dienone is 2. The first kappa shape index (κ1) is 14.7. The first-order chi connectivity index (χ1) is 10.4. The van der Waals surface area contributed by atoms with Crippen LogP contribution in [0.5, 0.6) is 0 Å². The van der Waals surface area contributed by atoms with Crippen molar-refractivity contribution in [3.63, 3.8) is 0 Å². The lowest BCUT2D eigenvalue weighted by Crippen LogP contribution is -2.39. The number of fused-ring (bicyclic) bond motifs is 5. The van der Waals surface area contributed by atoms with Gasteiger partial charge >= 0.3 is 7.60 Å². The Hall–Kier alpha value is -0.890. The van der Waals surface area contributed by atoms with E-state index in [1.807, 2.05) is 6.07 Å². The molecule has 22 heavy (non-hydrogen) atoms. The molecule has 3 aliphatic rings. The summed E-state index contributed by atoms with van der Waals surface area (Å²) in [6.07, 6.45) is 10.5. The maximum Gasteiger partial charge on any atom is 0.356 e. The zero-order valence-electron chi connectivity index (χ0n) is 12.9. The van der Waals surface area contributed by atoms with Crippen molar-refractivity contribution in [1.82, 2.24) is 0 Å². The molecule has 2 N–H and O–H groups in total. The summed E-state index contributed by atoms with van der Waals surface area (Å²) in [5.74, 6) is 2.05. The fraction of sp³-hybridized carbons (Fsp3) is 0.556. The van der Waals surface area contributed by atoms with Crippen LogP contribution >= 0.6 is 7.60 Å². The third kappa shape index (κ3) is 2.14. The molecule has 0 amide bonds. The van der Waals surface area contributed by atoms with Gasteiger partial charge in [0.25, 0.3) is 0 Å². The maximum atomic E-state index is 11.5. The first-order valence-corrected chi connectivity index (χ1v) is 9.86. The Morgan fingerprint density at radius 2 is 2.09 bits per heavy atom. The van der Waals surface area contributed by atoms with Gasteiger partial charge in [0.15, 0.2) is 0 Å². The van der Waals surface area contributed by atoms with E-state index in [0.717, 1.165) is 30.2 Å². The summed E-state index contributed by atoms with van der Waals surface area (Å²) in [5, 5.41) is 0.174. The lowest BCUT2D eigenvalue weighted by molar-refractivity contribution is 0.0827. The van der Waals surface area contributed by atoms with Crippen LogP contribution in [0.4, 0.5) is 0 Å². The van der Waals surface area contributed by atoms with Gasteiger partial charge in [0.05, 0.1) is 5.30 Å². The Labute approximate surface area is 131 Å². The number of benzene rings is 1. The van der Waals surface area contributed by atoms with E-state index in [1.165, 1.54) is 24.8 Å². The third-order valence-corrected chi connectivity index (χ3v) is 7.32. The van der Waals surface area contributed by atoms with Crippen molar-refractivity contribution in [3.8, 4) is 0 Å². The molecule has 118 valence electrons. The Morgan fingerprint density at radius 3 is 2.86 bits per heavy atom. The quantitative estimate of drug-likeness (QED) is 0.615. The van der Waals surface area contributed by atoms with Crippen molar-refractivity contribution in [2.24, 2.45) is 17.3 Å². The highest BCUT2D eigenvalue weighted by Gasteiger charge is 2.48. The minimum absolute atomic E-state index is 0.174. The molecule has 4 rings (SSSR count). The average Bonchev–Trinajstić information content (AvgIpc) is 2.87. The van der Waals surface area contributed by atoms with Crippen molar-refractivity contribution >= 4 is 12.9 Å². The molecule has 4 atom stereocenters. The van der Waals surface area contributed by atoms with E-state index in [9.17, 15) is 14.4 Å². The Kier molecular flexibility index (Phi) is 3.21. The molecule has 4 heteroatoms. The van der Waals surface area contributed by atoms with Crippen LogP contribution in [-0.4, -0.2) is 9.79 Å². The molecule has 3 unspecified atom stereocenters. The second-order valence-corrected chi connectivity index (χ2v) is 9.13. The van der Waals surface area contributed by atoms with Gasteiger partial charge in [-0.25, -0.2) is 0 Å². The van der Waals surface area contributed by atoms with Gasteiger partial charge in [0.1, 0.15) is 0 Å². The topological polar surface area (TPSA) is 57.5 Å². The van der Waals surface area contributed by atoms with Gasteiger partial charge in [0.2, 0.25) is 0 Å². The lowest BCUT2D eigenvalue weighted by Gasteiger charge is -2.49. The van der Waals surface area contributed by atoms with Gasteiger partial charge in [-0.3, -0.25) is 4.57 Å². The van der Waals surface area contributed by atoms with Crippen molar-refractivity contribution in [2.75, 3.05) is 0 Å². The van der Waals surface area contributed by atoms with E-state index in [2.05, 4.69) is 19.1 Å². The average molecular weight is 318 g/mol. The first-order valence-electron chi connectivity index (χ1n) is 8.25. The van der Waals surface area contributed by atoms with Gasteiger partial charge in [-0.1, -0.05) is 25.1 Å². The van der Waals surface area contributed by atoms with E-state index in [1.54, 1.807) is 12.1 Å². The monoisotopic (exact) mass is 318 g/mol. The molecule has 3 nitrogen and oxygen atoms in total. The van der Waals surface area contributed by atoms with Crippen molar-refractivity contribution in [2.45, 2.75) is 44.9 Å². The van der Waals surface area contributed by atoms with Crippen molar-refractivity contribution < 1.29 is 14.4 Å². The summed E-state index contributed by atoms with van der Waals surface area (Å²) in [6.45, 7) is 2.41. The highest BCUT2D eigenvalue weighted by atomic mass is 31.2. The van der Waals surface area contributed by atoms with E-state index in [4.69, 9.17) is 0 Å². The van der Waals surface area contributed by atoms with Crippen LogP contribution < -0.4 is 5.30 Å². The van der Waals surface area contributed by atoms with Crippen LogP contribution in [-0.2, 0) is 11.0 Å². The smallest absolute Gasteiger partial charge is 0.321 e. The minimum Gasteiger partial charge on any atom is -0.321 e. The summed E-state index contributed by atoms with van der Waals surface area (Å²) < 4.78 is 11.5. The molecule has 1 aromatic rings. The predicted octanol–water partition coefficient (Wildman–Crippen LogP) is 3.51. The molecule has 1 saturated carbocycles. The predicted molar refractivity (Wildman–Crippen MR) is 87.3 cm³/mol. The highest BCUT2D eigenvalue weighted by Crippen LogP contribution is 2.58. The molecule has 0 heterocycles. The van der Waals surface area contributed by atoms with Crippen LogP contribution in [0.2, 0.25) is 0 Å². The number of hydrogen-bond donors (Lipinski definition) is 2. The Balaban J connectivity index is 1.70. The van der Waals surface area contributed by atoms with Crippen LogP contribution in [0.1, 0.15) is 49.7 Å². The SMILES string of the molecule is C[C@@]12C=CCC1C1CCc3cc(P(=O)(O)O)ccc3C1CC2. The van der Waals surface area contributed by atoms with Gasteiger partial charge in [-0.2, -0.15) is 0 Å². The fourth-order valence-corrected chi connectivity index (χ4v) is 5.83. The molecule has 0 radical (unpaired) electrons. The van der Waals surface area contributed by atoms with Gasteiger partial charge in [-0.15, -0.1) is 0 Å². The molecule has 0 aliphatic heterocycles. The number of rotatable bonds is 1. The van der Waals surface area contributed by atoms with Gasteiger partial charge < -0.3 is 9.79 Å². The van der Waals surface area contributed by atoms with E-state index >= 15 is 0 Å². The third-order valence-electron chi connectivity index (χ3n) is 6.37. The summed E-state index contributed by atoms with van der Waals surface area (Å²) in [6, 6.07) is 5.39. The highest BCUT2D eigenvalue weighted by molar-refractivity contribution is 7.60. The van der Waals surface area contributed by atoms with E-state index < -0.39 is 7.60 Å². The molecule has 0 spiro atoms. The standard InChI is InChI=1S/C18H23O3P/c1-18-9-2-3-17(18)16-6-4-12-11-13(22(19,20)21)5-7-14(12)15(16)8-10-18/h2,5,7,9,11,15-17H,3-4,6,8,10H2,1H3,(H2,19,20,21)/t15?,16?,17?,18-/m0/s1. The maximum absolute atomic E-state index is 11.5. The summed E-state index contributed by atoms with van der Waals surface area (Å²) in [4.78, 5) is 18.8. The van der Waals surface area contributed by atoms with E-state index in [-0.39, 0.29) is 5.30 Å². The van der Waals surface area contributed by atoms with Crippen LogP contribution in [0.3, 0.4) is 0 Å². The normalized spacial score (nSPS) is 36.6. The molecule has 0 saturated heterocycles. The zero-order chi connectivity index (χ0) is 15.5. The van der Waals surface area contributed by atoms with Crippen molar-refractivity contribution in [3.05, 3.63) is 41.5 Å². The molecule has 3 aliphatic carbocycles. The second kappa shape index (κ2) is 4.80. The van der Waals surface area contributed by atoms with Gasteiger partial charge in [-0.05, 0) is 78.5 Å². The van der Waals surface area contributed by atoms with Gasteiger partial charge in [0, 0.05) is 0 Å². The molecule has 0 bridgehead atoms. The summed E-state index contributed by atoms with van der Waals surface area (Å²) >= 11 is 0. The van der Waals surface area contributed by atoms with E-state index in [0.29, 0.717) is 11.3 Å². The molecular weight excluding hydrogens is 295 g/mol. The Bertz CT molecular complexity index is 690. The van der Waals surface area contributed by atoms with Crippen LogP contribution in [0.15, 0.2) is 30.4 Å².